The lowest BCUT2D eigenvalue weighted by atomic mass is 9.81. The van der Waals surface area contributed by atoms with Gasteiger partial charge in [0.15, 0.2) is 0 Å². The van der Waals surface area contributed by atoms with E-state index in [2.05, 4.69) is 19.9 Å². The first-order valence-electron chi connectivity index (χ1n) is 6.67. The van der Waals surface area contributed by atoms with Crippen molar-refractivity contribution in [2.75, 3.05) is 13.1 Å². The molecular weight excluding hydrogens is 212 g/mol. The maximum atomic E-state index is 12.4. The Morgan fingerprint density at radius 3 is 2.35 bits per heavy atom. The summed E-state index contributed by atoms with van der Waals surface area (Å²) in [6.07, 6.45) is 3.90. The second-order valence-electron chi connectivity index (χ2n) is 5.48. The molecule has 1 amide bonds. The molecular formula is C14H24N2O. The minimum atomic E-state index is -0.836. The Balaban J connectivity index is 2.79. The van der Waals surface area contributed by atoms with Crippen LogP contribution in [0.15, 0.2) is 0 Å². The fourth-order valence-corrected chi connectivity index (χ4v) is 2.56. The number of likely N-dealkylation sites (tertiary alicyclic amines) is 1. The molecule has 0 aliphatic carbocycles. The van der Waals surface area contributed by atoms with Crippen molar-refractivity contribution in [1.29, 1.82) is 5.26 Å². The van der Waals surface area contributed by atoms with Gasteiger partial charge in [0.1, 0.15) is 5.41 Å². The predicted molar refractivity (Wildman–Crippen MR) is 68.2 cm³/mol. The molecule has 0 spiro atoms. The molecule has 0 aromatic rings. The summed E-state index contributed by atoms with van der Waals surface area (Å²) in [4.78, 5) is 14.3. The minimum Gasteiger partial charge on any atom is -0.341 e. The van der Waals surface area contributed by atoms with Crippen LogP contribution in [0.2, 0.25) is 0 Å². The zero-order valence-electron chi connectivity index (χ0n) is 11.5. The Morgan fingerprint density at radius 1 is 1.41 bits per heavy atom. The Kier molecular flexibility index (Phi) is 4.19. The lowest BCUT2D eigenvalue weighted by molar-refractivity contribution is -0.137. The number of amides is 1. The van der Waals surface area contributed by atoms with E-state index in [4.69, 9.17) is 5.26 Å². The number of nitrogens with zero attached hydrogens (tertiary/aromatic N) is 2. The van der Waals surface area contributed by atoms with Crippen molar-refractivity contribution in [3.05, 3.63) is 0 Å². The van der Waals surface area contributed by atoms with Crippen LogP contribution in [0.4, 0.5) is 0 Å². The third kappa shape index (κ3) is 2.46. The van der Waals surface area contributed by atoms with Gasteiger partial charge >= 0.3 is 0 Å². The number of hydrogen-bond donors (Lipinski definition) is 0. The normalized spacial score (nSPS) is 21.9. The molecule has 1 saturated heterocycles. The van der Waals surface area contributed by atoms with Gasteiger partial charge in [-0.25, -0.2) is 0 Å². The minimum absolute atomic E-state index is 0.0197. The third-order valence-corrected chi connectivity index (χ3v) is 4.65. The first-order chi connectivity index (χ1) is 7.97. The molecule has 0 saturated carbocycles. The van der Waals surface area contributed by atoms with E-state index in [1.807, 2.05) is 11.8 Å². The monoisotopic (exact) mass is 236 g/mol. The SMILES string of the molecule is CCC1(CC)CCN(C(=O)C(C)(C#N)CC)C1. The van der Waals surface area contributed by atoms with Gasteiger partial charge in [-0.1, -0.05) is 20.8 Å². The van der Waals surface area contributed by atoms with Crippen LogP contribution in [0, 0.1) is 22.2 Å². The van der Waals surface area contributed by atoms with Crippen LogP contribution in [-0.4, -0.2) is 23.9 Å². The Morgan fingerprint density at radius 2 is 2.00 bits per heavy atom. The lowest BCUT2D eigenvalue weighted by Crippen LogP contribution is -2.41. The molecule has 0 N–H and O–H groups in total. The molecule has 0 radical (unpaired) electrons. The van der Waals surface area contributed by atoms with Gasteiger partial charge in [0.25, 0.3) is 0 Å². The van der Waals surface area contributed by atoms with Gasteiger partial charge < -0.3 is 4.90 Å². The molecule has 17 heavy (non-hydrogen) atoms. The number of hydrogen-bond acceptors (Lipinski definition) is 2. The topological polar surface area (TPSA) is 44.1 Å². The standard InChI is InChI=1S/C14H24N2O/c1-5-13(4,10-15)12(17)16-9-8-14(6-2,7-3)11-16/h5-9,11H2,1-4H3. The van der Waals surface area contributed by atoms with Crippen molar-refractivity contribution in [3.63, 3.8) is 0 Å². The second-order valence-corrected chi connectivity index (χ2v) is 5.48. The summed E-state index contributed by atoms with van der Waals surface area (Å²) in [6.45, 7) is 9.70. The van der Waals surface area contributed by atoms with Gasteiger partial charge in [0.2, 0.25) is 5.91 Å². The molecule has 0 aromatic carbocycles. The highest BCUT2D eigenvalue weighted by molar-refractivity contribution is 5.85. The summed E-state index contributed by atoms with van der Waals surface area (Å²) in [5, 5.41) is 9.16. The quantitative estimate of drug-likeness (QED) is 0.753. The van der Waals surface area contributed by atoms with Crippen molar-refractivity contribution in [3.8, 4) is 6.07 Å². The highest BCUT2D eigenvalue weighted by Crippen LogP contribution is 2.38. The van der Waals surface area contributed by atoms with E-state index >= 15 is 0 Å². The summed E-state index contributed by atoms with van der Waals surface area (Å²) in [6, 6.07) is 2.18. The molecule has 1 aliphatic heterocycles. The van der Waals surface area contributed by atoms with E-state index in [0.29, 0.717) is 11.8 Å². The Bertz CT molecular complexity index is 328. The molecule has 1 unspecified atom stereocenters. The fraction of sp³-hybridized carbons (Fsp3) is 0.857. The zero-order chi connectivity index (χ0) is 13.1. The Labute approximate surface area is 105 Å². The average molecular weight is 236 g/mol. The van der Waals surface area contributed by atoms with Crippen LogP contribution in [0.5, 0.6) is 0 Å². The second kappa shape index (κ2) is 5.08. The van der Waals surface area contributed by atoms with E-state index in [1.54, 1.807) is 6.92 Å². The fourth-order valence-electron chi connectivity index (χ4n) is 2.56. The molecule has 0 aromatic heterocycles. The number of rotatable bonds is 4. The summed E-state index contributed by atoms with van der Waals surface area (Å²) >= 11 is 0. The smallest absolute Gasteiger partial charge is 0.242 e. The predicted octanol–water partition coefficient (Wildman–Crippen LogP) is 2.96. The van der Waals surface area contributed by atoms with Gasteiger partial charge in [0.05, 0.1) is 6.07 Å². The number of carbonyl (C=O) groups excluding carboxylic acids is 1. The molecule has 3 heteroatoms. The summed E-state index contributed by atoms with van der Waals surface area (Å²) in [7, 11) is 0. The maximum absolute atomic E-state index is 12.4. The molecule has 1 aliphatic rings. The average Bonchev–Trinajstić information content (AvgIpc) is 2.82. The van der Waals surface area contributed by atoms with E-state index in [-0.39, 0.29) is 5.91 Å². The van der Waals surface area contributed by atoms with Gasteiger partial charge in [-0.3, -0.25) is 4.79 Å². The zero-order valence-corrected chi connectivity index (χ0v) is 11.5. The van der Waals surface area contributed by atoms with Gasteiger partial charge in [0, 0.05) is 13.1 Å². The molecule has 1 heterocycles. The first kappa shape index (κ1) is 14.0. The molecule has 1 rings (SSSR count). The van der Waals surface area contributed by atoms with E-state index in [9.17, 15) is 4.79 Å². The summed E-state index contributed by atoms with van der Waals surface area (Å²) in [5.41, 5.74) is -0.544. The highest BCUT2D eigenvalue weighted by Gasteiger charge is 2.42. The van der Waals surface area contributed by atoms with Crippen LogP contribution in [-0.2, 0) is 4.79 Å². The van der Waals surface area contributed by atoms with E-state index in [1.165, 1.54) is 0 Å². The lowest BCUT2D eigenvalue weighted by Gasteiger charge is -2.29. The van der Waals surface area contributed by atoms with E-state index < -0.39 is 5.41 Å². The van der Waals surface area contributed by atoms with E-state index in [0.717, 1.165) is 32.4 Å². The molecule has 0 bridgehead atoms. The van der Waals surface area contributed by atoms with Crippen LogP contribution in [0.1, 0.15) is 53.4 Å². The van der Waals surface area contributed by atoms with Gasteiger partial charge in [-0.2, -0.15) is 5.26 Å². The summed E-state index contributed by atoms with van der Waals surface area (Å²) in [5.74, 6) is 0.0197. The molecule has 96 valence electrons. The van der Waals surface area contributed by atoms with Gasteiger partial charge in [-0.05, 0) is 38.0 Å². The molecule has 1 atom stereocenters. The molecule has 3 nitrogen and oxygen atoms in total. The molecule has 1 fully saturated rings. The number of carbonyl (C=O) groups is 1. The van der Waals surface area contributed by atoms with Crippen molar-refractivity contribution in [1.82, 2.24) is 4.90 Å². The first-order valence-corrected chi connectivity index (χ1v) is 6.67. The Hall–Kier alpha value is -1.04. The van der Waals surface area contributed by atoms with Crippen LogP contribution in [0.3, 0.4) is 0 Å². The van der Waals surface area contributed by atoms with Crippen molar-refractivity contribution in [2.45, 2.75) is 53.4 Å². The van der Waals surface area contributed by atoms with Crippen molar-refractivity contribution < 1.29 is 4.79 Å². The van der Waals surface area contributed by atoms with Crippen LogP contribution in [0.25, 0.3) is 0 Å². The van der Waals surface area contributed by atoms with Crippen molar-refractivity contribution in [2.24, 2.45) is 10.8 Å². The van der Waals surface area contributed by atoms with Crippen LogP contribution < -0.4 is 0 Å². The third-order valence-electron chi connectivity index (χ3n) is 4.65. The van der Waals surface area contributed by atoms with Gasteiger partial charge in [-0.15, -0.1) is 0 Å². The van der Waals surface area contributed by atoms with Crippen LogP contribution >= 0.6 is 0 Å². The number of nitriles is 1. The maximum Gasteiger partial charge on any atom is 0.242 e. The largest absolute Gasteiger partial charge is 0.341 e. The summed E-state index contributed by atoms with van der Waals surface area (Å²) < 4.78 is 0. The van der Waals surface area contributed by atoms with Crippen molar-refractivity contribution >= 4 is 5.91 Å². The highest BCUT2D eigenvalue weighted by atomic mass is 16.2.